The molecule has 1 rings (SSSR count). The molecule has 0 saturated heterocycles. The summed E-state index contributed by atoms with van der Waals surface area (Å²) in [5.74, 6) is -0.209. The van der Waals surface area contributed by atoms with E-state index < -0.39 is 0 Å². The lowest BCUT2D eigenvalue weighted by Gasteiger charge is -2.10. The smallest absolute Gasteiger partial charge is 0.247 e. The second kappa shape index (κ2) is 6.40. The van der Waals surface area contributed by atoms with Crippen LogP contribution in [0, 0.1) is 0 Å². The Labute approximate surface area is 96.1 Å². The summed E-state index contributed by atoms with van der Waals surface area (Å²) in [5.41, 5.74) is 1.85. The van der Waals surface area contributed by atoms with Crippen LogP contribution in [0.25, 0.3) is 0 Å². The Bertz CT molecular complexity index is 408. The van der Waals surface area contributed by atoms with Gasteiger partial charge in [-0.25, -0.2) is 0 Å². The number of hydrogen-bond donors (Lipinski definition) is 1. The topological polar surface area (TPSA) is 29.1 Å². The van der Waals surface area contributed by atoms with Gasteiger partial charge in [-0.2, -0.15) is 0 Å². The fourth-order valence-corrected chi connectivity index (χ4v) is 1.29. The summed E-state index contributed by atoms with van der Waals surface area (Å²) < 4.78 is 0. The summed E-state index contributed by atoms with van der Waals surface area (Å²) in [7, 11) is 0. The second-order valence-corrected chi connectivity index (χ2v) is 3.22. The molecular formula is C14H15NO. The molecule has 0 heterocycles. The maximum absolute atomic E-state index is 11.3. The third kappa shape index (κ3) is 3.58. The zero-order valence-electron chi connectivity index (χ0n) is 9.15. The van der Waals surface area contributed by atoms with Crippen molar-refractivity contribution in [2.75, 3.05) is 0 Å². The van der Waals surface area contributed by atoms with Crippen LogP contribution in [-0.4, -0.2) is 5.91 Å². The van der Waals surface area contributed by atoms with Gasteiger partial charge < -0.3 is 5.32 Å². The Balaban J connectivity index is 2.94. The highest BCUT2D eigenvalue weighted by atomic mass is 16.1. The zero-order valence-corrected chi connectivity index (χ0v) is 9.15. The molecule has 0 saturated carbocycles. The van der Waals surface area contributed by atoms with Crippen LogP contribution in [0.3, 0.4) is 0 Å². The van der Waals surface area contributed by atoms with Gasteiger partial charge in [0.15, 0.2) is 0 Å². The summed E-state index contributed by atoms with van der Waals surface area (Å²) in [6, 6.07) is 0. The second-order valence-electron chi connectivity index (χ2n) is 3.22. The summed E-state index contributed by atoms with van der Waals surface area (Å²) in [6.07, 6.45) is 15.3. The van der Waals surface area contributed by atoms with E-state index in [2.05, 4.69) is 18.5 Å². The van der Waals surface area contributed by atoms with Gasteiger partial charge in [0, 0.05) is 5.70 Å². The first-order chi connectivity index (χ1) is 7.77. The summed E-state index contributed by atoms with van der Waals surface area (Å²) in [5, 5.41) is 2.77. The highest BCUT2D eigenvalue weighted by Crippen LogP contribution is 2.14. The minimum atomic E-state index is -0.209. The third-order valence-electron chi connectivity index (χ3n) is 2.07. The predicted molar refractivity (Wildman–Crippen MR) is 67.6 cm³/mol. The van der Waals surface area contributed by atoms with Crippen molar-refractivity contribution in [3.8, 4) is 0 Å². The van der Waals surface area contributed by atoms with E-state index >= 15 is 0 Å². The number of rotatable bonds is 4. The lowest BCUT2D eigenvalue weighted by atomic mass is 10.0. The van der Waals surface area contributed by atoms with Crippen molar-refractivity contribution in [1.29, 1.82) is 0 Å². The molecular weight excluding hydrogens is 198 g/mol. The van der Waals surface area contributed by atoms with Crippen molar-refractivity contribution < 1.29 is 4.79 Å². The average Bonchev–Trinajstić information content (AvgIpc) is 2.35. The molecule has 0 spiro atoms. The maximum Gasteiger partial charge on any atom is 0.247 e. The molecule has 0 aliphatic heterocycles. The van der Waals surface area contributed by atoms with Crippen LogP contribution < -0.4 is 5.32 Å². The van der Waals surface area contributed by atoms with Crippen molar-refractivity contribution in [3.63, 3.8) is 0 Å². The number of carbonyl (C=O) groups excluding carboxylic acids is 1. The normalized spacial score (nSPS) is 17.2. The quantitative estimate of drug-likeness (QED) is 0.564. The first-order valence-electron chi connectivity index (χ1n) is 5.07. The van der Waals surface area contributed by atoms with E-state index in [0.29, 0.717) is 0 Å². The average molecular weight is 213 g/mol. The van der Waals surface area contributed by atoms with Gasteiger partial charge in [-0.1, -0.05) is 49.6 Å². The summed E-state index contributed by atoms with van der Waals surface area (Å²) in [4.78, 5) is 11.3. The van der Waals surface area contributed by atoms with Gasteiger partial charge in [-0.05, 0) is 24.1 Å². The van der Waals surface area contributed by atoms with Gasteiger partial charge in [0.05, 0.1) is 0 Å². The highest BCUT2D eigenvalue weighted by molar-refractivity contribution is 5.88. The van der Waals surface area contributed by atoms with E-state index in [1.807, 2.05) is 30.4 Å². The van der Waals surface area contributed by atoms with Crippen LogP contribution in [0.2, 0.25) is 0 Å². The zero-order chi connectivity index (χ0) is 11.8. The molecule has 82 valence electrons. The molecule has 1 aliphatic rings. The fraction of sp³-hybridized carbons (Fsp3) is 0.0714. The lowest BCUT2D eigenvalue weighted by Crippen LogP contribution is -2.20. The van der Waals surface area contributed by atoms with Crippen molar-refractivity contribution in [3.05, 3.63) is 73.0 Å². The van der Waals surface area contributed by atoms with Crippen molar-refractivity contribution in [2.45, 2.75) is 6.42 Å². The predicted octanol–water partition coefficient (Wildman–Crippen LogP) is 2.80. The van der Waals surface area contributed by atoms with E-state index in [-0.39, 0.29) is 5.91 Å². The molecule has 0 fully saturated rings. The number of allylic oxidation sites excluding steroid dienone is 8. The minimum absolute atomic E-state index is 0.209. The minimum Gasteiger partial charge on any atom is -0.322 e. The maximum atomic E-state index is 11.3. The Hall–Kier alpha value is -2.09. The van der Waals surface area contributed by atoms with E-state index in [9.17, 15) is 4.79 Å². The van der Waals surface area contributed by atoms with E-state index in [4.69, 9.17) is 0 Å². The Morgan fingerprint density at radius 1 is 1.38 bits per heavy atom. The number of hydrogen-bond acceptors (Lipinski definition) is 1. The number of nitrogens with one attached hydrogen (secondary N) is 1. The van der Waals surface area contributed by atoms with Gasteiger partial charge in [0.2, 0.25) is 5.91 Å². The van der Waals surface area contributed by atoms with Gasteiger partial charge in [0.25, 0.3) is 0 Å². The molecule has 1 aliphatic carbocycles. The fourth-order valence-electron chi connectivity index (χ4n) is 1.29. The molecule has 16 heavy (non-hydrogen) atoms. The Kier molecular flexibility index (Phi) is 4.80. The monoisotopic (exact) mass is 213 g/mol. The Morgan fingerprint density at radius 3 is 2.75 bits per heavy atom. The van der Waals surface area contributed by atoms with Crippen molar-refractivity contribution in [1.82, 2.24) is 5.32 Å². The van der Waals surface area contributed by atoms with Gasteiger partial charge in [-0.15, -0.1) is 0 Å². The molecule has 0 radical (unpaired) electrons. The number of amides is 1. The van der Waals surface area contributed by atoms with Crippen LogP contribution in [0.15, 0.2) is 73.0 Å². The van der Waals surface area contributed by atoms with Gasteiger partial charge in [0.1, 0.15) is 0 Å². The largest absolute Gasteiger partial charge is 0.322 e. The third-order valence-corrected chi connectivity index (χ3v) is 2.07. The van der Waals surface area contributed by atoms with Gasteiger partial charge >= 0.3 is 0 Å². The highest BCUT2D eigenvalue weighted by Gasteiger charge is 2.04. The molecule has 0 unspecified atom stereocenters. The summed E-state index contributed by atoms with van der Waals surface area (Å²) in [6.45, 7) is 7.03. The van der Waals surface area contributed by atoms with E-state index in [0.717, 1.165) is 17.7 Å². The standard InChI is InChI=1S/C14H15NO/c1-3-5-11-13(15-14(16)4-2)12-9-7-6-8-10-12/h3-9,11H,1-2,10H2,(H,15,16). The van der Waals surface area contributed by atoms with Crippen LogP contribution in [0.5, 0.6) is 0 Å². The SMILES string of the molecule is C=CC=CC(NC(=O)C=C)=C1C=CC=CC1. The first kappa shape index (κ1) is 12.0. The molecule has 2 nitrogen and oxygen atoms in total. The molecule has 0 aromatic heterocycles. The van der Waals surface area contributed by atoms with Gasteiger partial charge in [-0.3, -0.25) is 4.79 Å². The van der Waals surface area contributed by atoms with E-state index in [1.165, 1.54) is 6.08 Å². The van der Waals surface area contributed by atoms with E-state index in [1.54, 1.807) is 12.2 Å². The number of carbonyl (C=O) groups is 1. The lowest BCUT2D eigenvalue weighted by molar-refractivity contribution is -0.115. The molecule has 2 heteroatoms. The van der Waals surface area contributed by atoms with Crippen LogP contribution in [0.4, 0.5) is 0 Å². The molecule has 0 aromatic rings. The van der Waals surface area contributed by atoms with Crippen LogP contribution in [-0.2, 0) is 4.79 Å². The Morgan fingerprint density at radius 2 is 2.19 bits per heavy atom. The molecule has 1 N–H and O–H groups in total. The first-order valence-corrected chi connectivity index (χ1v) is 5.07. The molecule has 0 atom stereocenters. The molecule has 0 bridgehead atoms. The van der Waals surface area contributed by atoms with Crippen LogP contribution >= 0.6 is 0 Å². The molecule has 0 aromatic carbocycles. The van der Waals surface area contributed by atoms with Crippen molar-refractivity contribution >= 4 is 5.91 Å². The molecule has 1 amide bonds. The van der Waals surface area contributed by atoms with Crippen molar-refractivity contribution in [2.24, 2.45) is 0 Å². The summed E-state index contributed by atoms with van der Waals surface area (Å²) >= 11 is 0. The van der Waals surface area contributed by atoms with Crippen LogP contribution in [0.1, 0.15) is 6.42 Å².